The Labute approximate surface area is 160 Å². The maximum Gasteiger partial charge on any atom is 0.247 e. The second-order valence-corrected chi connectivity index (χ2v) is 7.66. The fourth-order valence-electron chi connectivity index (χ4n) is 2.38. The van der Waals surface area contributed by atoms with Gasteiger partial charge in [0.25, 0.3) is 0 Å². The number of benzene rings is 1. The molecule has 0 fully saturated rings. The molecule has 26 heavy (non-hydrogen) atoms. The van der Waals surface area contributed by atoms with Gasteiger partial charge in [-0.05, 0) is 36.6 Å². The van der Waals surface area contributed by atoms with Gasteiger partial charge >= 0.3 is 0 Å². The summed E-state index contributed by atoms with van der Waals surface area (Å²) in [6, 6.07) is 11.8. The summed E-state index contributed by atoms with van der Waals surface area (Å²) in [5.41, 5.74) is 0.921. The summed E-state index contributed by atoms with van der Waals surface area (Å²) in [5, 5.41) is 5.58. The first-order valence-electron chi connectivity index (χ1n) is 8.27. The van der Waals surface area contributed by atoms with Gasteiger partial charge in [0.05, 0.1) is 23.3 Å². The lowest BCUT2D eigenvalue weighted by Crippen LogP contribution is -2.39. The van der Waals surface area contributed by atoms with Crippen LogP contribution >= 0.6 is 22.7 Å². The molecule has 0 aliphatic rings. The number of rotatable bonds is 7. The summed E-state index contributed by atoms with van der Waals surface area (Å²) in [6.45, 7) is 2.86. The first kappa shape index (κ1) is 18.3. The van der Waals surface area contributed by atoms with Crippen LogP contribution in [0, 0.1) is 0 Å². The fourth-order valence-corrected chi connectivity index (χ4v) is 3.90. The number of carbonyl (C=O) groups excluding carboxylic acids is 2. The van der Waals surface area contributed by atoms with E-state index in [1.807, 2.05) is 48.7 Å². The molecule has 0 spiro atoms. The molecule has 0 saturated carbocycles. The Hall–Kier alpha value is -2.51. The molecule has 5 nitrogen and oxygen atoms in total. The maximum atomic E-state index is 12.4. The topological polar surface area (TPSA) is 62.3 Å². The van der Waals surface area contributed by atoms with Gasteiger partial charge in [-0.2, -0.15) is 0 Å². The second kappa shape index (κ2) is 8.73. The predicted molar refractivity (Wildman–Crippen MR) is 107 cm³/mol. The molecule has 0 aliphatic heterocycles. The van der Waals surface area contributed by atoms with Gasteiger partial charge < -0.3 is 10.2 Å². The molecule has 0 saturated heterocycles. The fraction of sp³-hybridized carbons (Fsp3) is 0.211. The zero-order valence-electron chi connectivity index (χ0n) is 14.3. The van der Waals surface area contributed by atoms with E-state index in [0.29, 0.717) is 13.1 Å². The number of thiazole rings is 1. The zero-order valence-corrected chi connectivity index (χ0v) is 16.0. The lowest BCUT2D eigenvalue weighted by Gasteiger charge is -2.18. The van der Waals surface area contributed by atoms with Crippen LogP contribution in [0.25, 0.3) is 16.3 Å². The largest absolute Gasteiger partial charge is 0.350 e. The molecule has 0 unspecified atom stereocenters. The molecule has 2 heterocycles. The van der Waals surface area contributed by atoms with Crippen LogP contribution in [-0.4, -0.2) is 34.8 Å². The number of amides is 2. The van der Waals surface area contributed by atoms with Crippen LogP contribution in [0.1, 0.15) is 16.8 Å². The quantitative estimate of drug-likeness (QED) is 0.633. The third-order valence-corrected chi connectivity index (χ3v) is 5.62. The number of hydrogen-bond acceptors (Lipinski definition) is 5. The van der Waals surface area contributed by atoms with Gasteiger partial charge in [-0.25, -0.2) is 4.98 Å². The van der Waals surface area contributed by atoms with Crippen LogP contribution in [-0.2, 0) is 16.1 Å². The van der Waals surface area contributed by atoms with E-state index in [1.54, 1.807) is 17.4 Å². The summed E-state index contributed by atoms with van der Waals surface area (Å²) in [6.07, 6.45) is 3.19. The van der Waals surface area contributed by atoms with Crippen molar-refractivity contribution in [1.82, 2.24) is 15.2 Å². The second-order valence-electron chi connectivity index (χ2n) is 5.56. The van der Waals surface area contributed by atoms with E-state index in [1.165, 1.54) is 22.3 Å². The number of fused-ring (bicyclic) bond motifs is 1. The Balaban J connectivity index is 1.56. The number of likely N-dealkylation sites (N-methyl/N-ethyl adjacent to an activating group) is 1. The van der Waals surface area contributed by atoms with Crippen LogP contribution in [0.3, 0.4) is 0 Å². The molecule has 3 aromatic rings. The van der Waals surface area contributed by atoms with Crippen molar-refractivity contribution in [2.45, 2.75) is 13.5 Å². The number of nitrogens with zero attached hydrogens (tertiary/aromatic N) is 2. The number of thiophene rings is 1. The van der Waals surface area contributed by atoms with Gasteiger partial charge in [0.1, 0.15) is 5.01 Å². The maximum absolute atomic E-state index is 12.4. The van der Waals surface area contributed by atoms with Crippen molar-refractivity contribution in [1.29, 1.82) is 0 Å². The highest BCUT2D eigenvalue weighted by Crippen LogP contribution is 2.22. The molecular formula is C19H19N3O2S2. The van der Waals surface area contributed by atoms with Crippen molar-refractivity contribution in [2.24, 2.45) is 0 Å². The number of carbonyl (C=O) groups is 2. The molecule has 0 bridgehead atoms. The molecule has 3 rings (SSSR count). The van der Waals surface area contributed by atoms with Crippen molar-refractivity contribution >= 4 is 50.8 Å². The van der Waals surface area contributed by atoms with Gasteiger partial charge in [-0.3, -0.25) is 9.59 Å². The summed E-state index contributed by atoms with van der Waals surface area (Å²) in [4.78, 5) is 31.5. The first-order valence-corrected chi connectivity index (χ1v) is 9.97. The van der Waals surface area contributed by atoms with Crippen molar-refractivity contribution in [3.8, 4) is 0 Å². The summed E-state index contributed by atoms with van der Waals surface area (Å²) >= 11 is 3.12. The average molecular weight is 386 g/mol. The molecule has 7 heteroatoms. The van der Waals surface area contributed by atoms with Gasteiger partial charge in [0.15, 0.2) is 0 Å². The molecule has 1 N–H and O–H groups in total. The highest BCUT2D eigenvalue weighted by Gasteiger charge is 2.13. The van der Waals surface area contributed by atoms with Crippen molar-refractivity contribution in [3.63, 3.8) is 0 Å². The zero-order chi connectivity index (χ0) is 18.4. The standard InChI is InChI=1S/C19H19N3O2S2/c1-2-22(13-17(23)20-12-14-6-5-11-25-14)19(24)10-9-18-21-15-7-3-4-8-16(15)26-18/h3-11H,2,12-13H2,1H3,(H,20,23). The Morgan fingerprint density at radius 2 is 2.08 bits per heavy atom. The van der Waals surface area contributed by atoms with Crippen LogP contribution in [0.15, 0.2) is 47.9 Å². The van der Waals surface area contributed by atoms with E-state index >= 15 is 0 Å². The number of nitrogens with one attached hydrogen (secondary N) is 1. The van der Waals surface area contributed by atoms with Crippen LogP contribution < -0.4 is 5.32 Å². The summed E-state index contributed by atoms with van der Waals surface area (Å²) in [7, 11) is 0. The predicted octanol–water partition coefficient (Wildman–Crippen LogP) is 3.54. The summed E-state index contributed by atoms with van der Waals surface area (Å²) in [5.74, 6) is -0.361. The monoisotopic (exact) mass is 385 g/mol. The van der Waals surface area contributed by atoms with E-state index in [-0.39, 0.29) is 18.4 Å². The molecule has 2 amide bonds. The number of hydrogen-bond donors (Lipinski definition) is 1. The van der Waals surface area contributed by atoms with E-state index < -0.39 is 0 Å². The minimum Gasteiger partial charge on any atom is -0.350 e. The van der Waals surface area contributed by atoms with E-state index in [4.69, 9.17) is 0 Å². The lowest BCUT2D eigenvalue weighted by atomic mass is 10.3. The van der Waals surface area contributed by atoms with Crippen molar-refractivity contribution in [3.05, 3.63) is 57.7 Å². The molecule has 0 aliphatic carbocycles. The van der Waals surface area contributed by atoms with Gasteiger partial charge in [-0.15, -0.1) is 22.7 Å². The van der Waals surface area contributed by atoms with E-state index in [9.17, 15) is 9.59 Å². The molecule has 0 atom stereocenters. The van der Waals surface area contributed by atoms with Crippen LogP contribution in [0.5, 0.6) is 0 Å². The van der Waals surface area contributed by atoms with Gasteiger partial charge in [0, 0.05) is 17.5 Å². The highest BCUT2D eigenvalue weighted by molar-refractivity contribution is 7.19. The van der Waals surface area contributed by atoms with Crippen LogP contribution in [0.4, 0.5) is 0 Å². The Morgan fingerprint density at radius 1 is 1.23 bits per heavy atom. The first-order chi connectivity index (χ1) is 12.7. The Bertz CT molecular complexity index is 883. The number of para-hydroxylation sites is 1. The normalized spacial score (nSPS) is 11.1. The SMILES string of the molecule is CCN(CC(=O)NCc1cccs1)C(=O)C=Cc1nc2ccccc2s1. The van der Waals surface area contributed by atoms with E-state index in [2.05, 4.69) is 10.3 Å². The molecular weight excluding hydrogens is 366 g/mol. The van der Waals surface area contributed by atoms with Gasteiger partial charge in [-0.1, -0.05) is 18.2 Å². The Kier molecular flexibility index (Phi) is 6.14. The van der Waals surface area contributed by atoms with Crippen molar-refractivity contribution < 1.29 is 9.59 Å². The van der Waals surface area contributed by atoms with Crippen LogP contribution in [0.2, 0.25) is 0 Å². The van der Waals surface area contributed by atoms with Crippen molar-refractivity contribution in [2.75, 3.05) is 13.1 Å². The molecule has 1 aromatic carbocycles. The minimum absolute atomic E-state index is 0.0465. The highest BCUT2D eigenvalue weighted by atomic mass is 32.1. The molecule has 134 valence electrons. The Morgan fingerprint density at radius 3 is 2.81 bits per heavy atom. The third-order valence-electron chi connectivity index (χ3n) is 3.75. The number of aromatic nitrogens is 1. The lowest BCUT2D eigenvalue weighted by molar-refractivity contribution is -0.132. The smallest absolute Gasteiger partial charge is 0.247 e. The summed E-state index contributed by atoms with van der Waals surface area (Å²) < 4.78 is 1.08. The van der Waals surface area contributed by atoms with E-state index in [0.717, 1.165) is 20.1 Å². The minimum atomic E-state index is -0.196. The molecule has 2 aromatic heterocycles. The average Bonchev–Trinajstić information content (AvgIpc) is 3.31. The molecule has 0 radical (unpaired) electrons. The van der Waals surface area contributed by atoms with Gasteiger partial charge in [0.2, 0.25) is 11.8 Å². The third kappa shape index (κ3) is 4.77.